The maximum atomic E-state index is 13.9. The first-order valence-electron chi connectivity index (χ1n) is 9.56. The predicted molar refractivity (Wildman–Crippen MR) is 120 cm³/mol. The topological polar surface area (TPSA) is 95.6 Å². The molecular formula is C22H17FN6OS. The van der Waals surface area contributed by atoms with Gasteiger partial charge in [0, 0.05) is 24.3 Å². The third-order valence-electron chi connectivity index (χ3n) is 4.86. The zero-order valence-electron chi connectivity index (χ0n) is 16.4. The number of carbonyl (C=O) groups is 1. The fourth-order valence-electron chi connectivity index (χ4n) is 3.35. The highest BCUT2D eigenvalue weighted by atomic mass is 32.1. The van der Waals surface area contributed by atoms with Crippen LogP contribution in [0.25, 0.3) is 21.3 Å². The van der Waals surface area contributed by atoms with E-state index in [1.165, 1.54) is 17.4 Å². The Balaban J connectivity index is 1.40. The van der Waals surface area contributed by atoms with Crippen molar-refractivity contribution in [3.8, 4) is 0 Å². The highest BCUT2D eigenvalue weighted by Crippen LogP contribution is 2.28. The SMILES string of the molecule is Cc1ccc2nc(NC(=O)c3cc(F)cnc3NCc3ccnc4[nH]ccc34)sc2c1. The van der Waals surface area contributed by atoms with Gasteiger partial charge in [0.1, 0.15) is 17.3 Å². The first-order chi connectivity index (χ1) is 15.1. The molecule has 4 aromatic heterocycles. The number of H-pyrrole nitrogens is 1. The number of halogens is 1. The summed E-state index contributed by atoms with van der Waals surface area (Å²) in [5, 5.41) is 7.32. The Bertz CT molecular complexity index is 1430. The van der Waals surface area contributed by atoms with Gasteiger partial charge in [0.05, 0.1) is 22.0 Å². The molecule has 9 heteroatoms. The number of nitrogens with zero attached hydrogens (tertiary/aromatic N) is 3. The lowest BCUT2D eigenvalue weighted by Gasteiger charge is -2.11. The minimum Gasteiger partial charge on any atom is -0.365 e. The average molecular weight is 432 g/mol. The standard InChI is InChI=1S/C22H17FN6OS/c1-12-2-3-17-18(8-12)31-22(28-17)29-21(30)16-9-14(23)11-27-20(16)26-10-13-4-6-24-19-15(13)5-7-25-19/h2-9,11H,10H2,1H3,(H,24,25)(H,26,27)(H,28,29,30). The van der Waals surface area contributed by atoms with E-state index in [0.717, 1.165) is 38.6 Å². The molecule has 4 heterocycles. The summed E-state index contributed by atoms with van der Waals surface area (Å²) in [6, 6.07) is 10.9. The van der Waals surface area contributed by atoms with E-state index in [1.54, 1.807) is 6.20 Å². The van der Waals surface area contributed by atoms with Gasteiger partial charge >= 0.3 is 0 Å². The second-order valence-corrected chi connectivity index (χ2v) is 8.09. The zero-order chi connectivity index (χ0) is 21.4. The molecule has 0 radical (unpaired) electrons. The molecule has 0 atom stereocenters. The summed E-state index contributed by atoms with van der Waals surface area (Å²) in [6.07, 6.45) is 4.60. The highest BCUT2D eigenvalue weighted by molar-refractivity contribution is 7.22. The number of aryl methyl sites for hydroxylation is 1. The van der Waals surface area contributed by atoms with Crippen molar-refractivity contribution in [2.24, 2.45) is 0 Å². The number of carbonyl (C=O) groups excluding carboxylic acids is 1. The Hall–Kier alpha value is -3.85. The fraction of sp³-hybridized carbons (Fsp3) is 0.0909. The molecule has 1 aromatic carbocycles. The summed E-state index contributed by atoms with van der Waals surface area (Å²) in [7, 11) is 0. The number of hydrogen-bond donors (Lipinski definition) is 3. The van der Waals surface area contributed by atoms with Crippen LogP contribution in [0.3, 0.4) is 0 Å². The van der Waals surface area contributed by atoms with E-state index >= 15 is 0 Å². The van der Waals surface area contributed by atoms with Gasteiger partial charge in [-0.3, -0.25) is 10.1 Å². The highest BCUT2D eigenvalue weighted by Gasteiger charge is 2.17. The molecule has 0 aliphatic rings. The first-order valence-corrected chi connectivity index (χ1v) is 10.4. The van der Waals surface area contributed by atoms with Crippen LogP contribution in [0.4, 0.5) is 15.3 Å². The van der Waals surface area contributed by atoms with Crippen LogP contribution in [0, 0.1) is 12.7 Å². The minimum atomic E-state index is -0.590. The molecule has 0 unspecified atom stereocenters. The van der Waals surface area contributed by atoms with Crippen LogP contribution in [0.2, 0.25) is 0 Å². The van der Waals surface area contributed by atoms with E-state index in [1.807, 2.05) is 43.5 Å². The van der Waals surface area contributed by atoms with Crippen LogP contribution in [0.1, 0.15) is 21.5 Å². The molecule has 0 spiro atoms. The van der Waals surface area contributed by atoms with Gasteiger partial charge in [0.25, 0.3) is 5.91 Å². The molecule has 1 amide bonds. The van der Waals surface area contributed by atoms with Crippen molar-refractivity contribution >= 4 is 49.4 Å². The molecule has 31 heavy (non-hydrogen) atoms. The summed E-state index contributed by atoms with van der Waals surface area (Å²) in [5.41, 5.74) is 3.77. The van der Waals surface area contributed by atoms with Crippen LogP contribution in [0.15, 0.2) is 55.0 Å². The maximum Gasteiger partial charge on any atom is 0.261 e. The van der Waals surface area contributed by atoms with Crippen molar-refractivity contribution in [2.75, 3.05) is 10.6 Å². The van der Waals surface area contributed by atoms with Crippen molar-refractivity contribution in [3.63, 3.8) is 0 Å². The molecule has 5 rings (SSSR count). The lowest BCUT2D eigenvalue weighted by atomic mass is 10.2. The normalized spacial score (nSPS) is 11.2. The minimum absolute atomic E-state index is 0.106. The Morgan fingerprint density at radius 3 is 3.00 bits per heavy atom. The van der Waals surface area contributed by atoms with Crippen LogP contribution in [0.5, 0.6) is 0 Å². The number of fused-ring (bicyclic) bond motifs is 2. The van der Waals surface area contributed by atoms with Gasteiger partial charge in [0.2, 0.25) is 0 Å². The van der Waals surface area contributed by atoms with E-state index in [-0.39, 0.29) is 11.4 Å². The predicted octanol–water partition coefficient (Wildman–Crippen LogP) is 4.88. The first kappa shape index (κ1) is 19.1. The smallest absolute Gasteiger partial charge is 0.261 e. The van der Waals surface area contributed by atoms with Crippen LogP contribution >= 0.6 is 11.3 Å². The molecule has 154 valence electrons. The second-order valence-electron chi connectivity index (χ2n) is 7.06. The fourth-order valence-corrected chi connectivity index (χ4v) is 4.31. The molecule has 0 aliphatic heterocycles. The number of amides is 1. The Morgan fingerprint density at radius 2 is 2.10 bits per heavy atom. The monoisotopic (exact) mass is 432 g/mol. The molecule has 3 N–H and O–H groups in total. The molecular weight excluding hydrogens is 415 g/mol. The third kappa shape index (κ3) is 3.82. The number of anilines is 2. The summed E-state index contributed by atoms with van der Waals surface area (Å²) in [5.74, 6) is -0.782. The van der Waals surface area contributed by atoms with Gasteiger partial charge in [0.15, 0.2) is 5.13 Å². The van der Waals surface area contributed by atoms with Gasteiger partial charge in [-0.15, -0.1) is 0 Å². The summed E-state index contributed by atoms with van der Waals surface area (Å²) < 4.78 is 14.9. The van der Waals surface area contributed by atoms with Crippen molar-refractivity contribution < 1.29 is 9.18 Å². The van der Waals surface area contributed by atoms with Gasteiger partial charge in [-0.2, -0.15) is 0 Å². The Kier molecular flexibility index (Phi) is 4.79. The second kappa shape index (κ2) is 7.77. The number of nitrogens with one attached hydrogen (secondary N) is 3. The average Bonchev–Trinajstić information content (AvgIpc) is 3.39. The molecule has 0 aliphatic carbocycles. The quantitative estimate of drug-likeness (QED) is 0.368. The van der Waals surface area contributed by atoms with Gasteiger partial charge < -0.3 is 10.3 Å². The van der Waals surface area contributed by atoms with Gasteiger partial charge in [-0.25, -0.2) is 19.3 Å². The molecule has 0 saturated heterocycles. The van der Waals surface area contributed by atoms with Gasteiger partial charge in [-0.05, 0) is 48.4 Å². The number of aromatic nitrogens is 4. The molecule has 0 bridgehead atoms. The van der Waals surface area contributed by atoms with Gasteiger partial charge in [-0.1, -0.05) is 17.4 Å². The number of benzene rings is 1. The van der Waals surface area contributed by atoms with E-state index in [2.05, 4.69) is 30.6 Å². The zero-order valence-corrected chi connectivity index (χ0v) is 17.3. The largest absolute Gasteiger partial charge is 0.365 e. The lowest BCUT2D eigenvalue weighted by molar-refractivity contribution is 0.102. The van der Waals surface area contributed by atoms with E-state index in [0.29, 0.717) is 11.7 Å². The molecule has 0 saturated carbocycles. The Morgan fingerprint density at radius 1 is 1.19 bits per heavy atom. The maximum absolute atomic E-state index is 13.9. The van der Waals surface area contributed by atoms with Crippen molar-refractivity contribution in [3.05, 3.63) is 77.5 Å². The molecule has 5 aromatic rings. The van der Waals surface area contributed by atoms with Crippen LogP contribution in [-0.4, -0.2) is 25.8 Å². The summed E-state index contributed by atoms with van der Waals surface area (Å²) in [4.78, 5) is 28.8. The van der Waals surface area contributed by atoms with Crippen LogP contribution < -0.4 is 10.6 Å². The summed E-state index contributed by atoms with van der Waals surface area (Å²) in [6.45, 7) is 2.40. The number of aromatic amines is 1. The summed E-state index contributed by atoms with van der Waals surface area (Å²) >= 11 is 1.37. The number of hydrogen-bond acceptors (Lipinski definition) is 6. The van der Waals surface area contributed by atoms with Crippen molar-refractivity contribution in [2.45, 2.75) is 13.5 Å². The van der Waals surface area contributed by atoms with E-state index in [4.69, 9.17) is 0 Å². The Labute approximate surface area is 180 Å². The van der Waals surface area contributed by atoms with Crippen molar-refractivity contribution in [1.29, 1.82) is 0 Å². The van der Waals surface area contributed by atoms with Crippen LogP contribution in [-0.2, 0) is 6.54 Å². The lowest BCUT2D eigenvalue weighted by Crippen LogP contribution is -2.16. The molecule has 7 nitrogen and oxygen atoms in total. The third-order valence-corrected chi connectivity index (χ3v) is 5.79. The number of rotatable bonds is 5. The van der Waals surface area contributed by atoms with E-state index in [9.17, 15) is 9.18 Å². The van der Waals surface area contributed by atoms with E-state index < -0.39 is 11.7 Å². The van der Waals surface area contributed by atoms with Crippen molar-refractivity contribution in [1.82, 2.24) is 19.9 Å². The number of thiazole rings is 1. The number of pyridine rings is 2. The molecule has 0 fully saturated rings.